The normalized spacial score (nSPS) is 11.3. The molecule has 0 saturated carbocycles. The van der Waals surface area contributed by atoms with Gasteiger partial charge in [-0.25, -0.2) is 9.37 Å². The molecule has 0 aliphatic heterocycles. The smallest absolute Gasteiger partial charge is 0.269 e. The zero-order valence-electron chi connectivity index (χ0n) is 10.8. The lowest BCUT2D eigenvalue weighted by Crippen LogP contribution is -2.07. The van der Waals surface area contributed by atoms with Gasteiger partial charge in [0.25, 0.3) is 5.56 Å². The Morgan fingerprint density at radius 3 is 2.81 bits per heavy atom. The first-order valence-electron chi connectivity index (χ1n) is 6.40. The second kappa shape index (κ2) is 4.49. The Kier molecular flexibility index (Phi) is 2.62. The first kappa shape index (κ1) is 12.2. The molecule has 0 unspecified atom stereocenters. The van der Waals surface area contributed by atoms with Gasteiger partial charge >= 0.3 is 0 Å². The molecular formula is C16H9FN2OS. The number of halogens is 1. The van der Waals surface area contributed by atoms with E-state index in [2.05, 4.69) is 9.97 Å². The Morgan fingerprint density at radius 1 is 1.10 bits per heavy atom. The summed E-state index contributed by atoms with van der Waals surface area (Å²) in [5.74, 6) is 0.0287. The van der Waals surface area contributed by atoms with Gasteiger partial charge in [-0.05, 0) is 18.2 Å². The van der Waals surface area contributed by atoms with Crippen molar-refractivity contribution < 1.29 is 4.39 Å². The molecule has 0 aliphatic rings. The first-order chi connectivity index (χ1) is 10.2. The van der Waals surface area contributed by atoms with Crippen molar-refractivity contribution >= 4 is 31.6 Å². The minimum atomic E-state index is -0.356. The summed E-state index contributed by atoms with van der Waals surface area (Å²) < 4.78 is 15.0. The third kappa shape index (κ3) is 1.94. The number of benzene rings is 2. The third-order valence-corrected chi connectivity index (χ3v) is 4.49. The molecule has 4 rings (SSSR count). The summed E-state index contributed by atoms with van der Waals surface area (Å²) in [7, 11) is 0. The number of aromatic nitrogens is 2. The van der Waals surface area contributed by atoms with E-state index in [9.17, 15) is 9.18 Å². The van der Waals surface area contributed by atoms with E-state index in [1.165, 1.54) is 23.5 Å². The highest BCUT2D eigenvalue weighted by Crippen LogP contribution is 2.31. The lowest BCUT2D eigenvalue weighted by atomic mass is 10.2. The van der Waals surface area contributed by atoms with Gasteiger partial charge in [-0.1, -0.05) is 30.3 Å². The second-order valence-electron chi connectivity index (χ2n) is 4.70. The standard InChI is InChI=1S/C16H9FN2OS/c17-10-5-3-4-9(8-10)15-18-13-11-6-1-2-7-12(11)21-14(13)16(20)19-15/h1-8H,(H,18,19,20). The Balaban J connectivity index is 2.08. The van der Waals surface area contributed by atoms with Crippen molar-refractivity contribution in [1.82, 2.24) is 9.97 Å². The summed E-state index contributed by atoms with van der Waals surface area (Å²) in [6, 6.07) is 13.8. The van der Waals surface area contributed by atoms with Crippen molar-refractivity contribution in [2.75, 3.05) is 0 Å². The van der Waals surface area contributed by atoms with Gasteiger partial charge in [-0.3, -0.25) is 4.79 Å². The summed E-state index contributed by atoms with van der Waals surface area (Å²) in [6.45, 7) is 0. The highest BCUT2D eigenvalue weighted by atomic mass is 32.1. The highest BCUT2D eigenvalue weighted by molar-refractivity contribution is 7.25. The molecule has 5 heteroatoms. The van der Waals surface area contributed by atoms with Crippen LogP contribution in [0.4, 0.5) is 4.39 Å². The van der Waals surface area contributed by atoms with Crippen molar-refractivity contribution in [2.45, 2.75) is 0 Å². The largest absolute Gasteiger partial charge is 0.305 e. The van der Waals surface area contributed by atoms with E-state index in [1.54, 1.807) is 12.1 Å². The molecule has 0 radical (unpaired) electrons. The van der Waals surface area contributed by atoms with Crippen molar-refractivity contribution in [1.29, 1.82) is 0 Å². The number of H-pyrrole nitrogens is 1. The molecule has 21 heavy (non-hydrogen) atoms. The van der Waals surface area contributed by atoms with Crippen molar-refractivity contribution in [3.8, 4) is 11.4 Å². The monoisotopic (exact) mass is 296 g/mol. The van der Waals surface area contributed by atoms with E-state index in [-0.39, 0.29) is 11.4 Å². The number of nitrogens with zero attached hydrogens (tertiary/aromatic N) is 1. The zero-order chi connectivity index (χ0) is 14.4. The fourth-order valence-corrected chi connectivity index (χ4v) is 3.41. The van der Waals surface area contributed by atoms with Gasteiger partial charge in [0.05, 0.1) is 5.52 Å². The SMILES string of the molecule is O=c1[nH]c(-c2cccc(F)c2)nc2c1sc1ccccc12. The van der Waals surface area contributed by atoms with Gasteiger partial charge < -0.3 is 4.98 Å². The molecule has 0 aliphatic carbocycles. The van der Waals surface area contributed by atoms with E-state index < -0.39 is 0 Å². The molecular weight excluding hydrogens is 287 g/mol. The maximum Gasteiger partial charge on any atom is 0.269 e. The molecule has 2 aromatic carbocycles. The molecule has 2 heterocycles. The minimum absolute atomic E-state index is 0.194. The molecule has 0 atom stereocenters. The van der Waals surface area contributed by atoms with Crippen LogP contribution in [0.25, 0.3) is 31.7 Å². The third-order valence-electron chi connectivity index (χ3n) is 3.33. The van der Waals surface area contributed by atoms with Crippen molar-refractivity contribution in [2.24, 2.45) is 0 Å². The summed E-state index contributed by atoms with van der Waals surface area (Å²) >= 11 is 1.42. The molecule has 4 aromatic rings. The van der Waals surface area contributed by atoms with Crippen LogP contribution in [0.2, 0.25) is 0 Å². The minimum Gasteiger partial charge on any atom is -0.305 e. The van der Waals surface area contributed by atoms with Crippen LogP contribution in [0.3, 0.4) is 0 Å². The van der Waals surface area contributed by atoms with Crippen LogP contribution < -0.4 is 5.56 Å². The number of fused-ring (bicyclic) bond motifs is 3. The van der Waals surface area contributed by atoms with Crippen LogP contribution in [0, 0.1) is 5.82 Å². The number of rotatable bonds is 1. The summed E-state index contributed by atoms with van der Waals surface area (Å²) in [5, 5.41) is 0.946. The molecule has 0 amide bonds. The number of thiophene rings is 1. The summed E-state index contributed by atoms with van der Waals surface area (Å²) in [5.41, 5.74) is 1.03. The van der Waals surface area contributed by atoms with Gasteiger partial charge in [-0.15, -0.1) is 11.3 Å². The summed E-state index contributed by atoms with van der Waals surface area (Å²) in [6.07, 6.45) is 0. The van der Waals surface area contributed by atoms with Gasteiger partial charge in [0.2, 0.25) is 0 Å². The fraction of sp³-hybridized carbons (Fsp3) is 0. The van der Waals surface area contributed by atoms with Crippen LogP contribution in [0.5, 0.6) is 0 Å². The number of hydrogen-bond acceptors (Lipinski definition) is 3. The molecule has 2 aromatic heterocycles. The Bertz CT molecular complexity index is 1040. The quantitative estimate of drug-likeness (QED) is 0.578. The van der Waals surface area contributed by atoms with E-state index >= 15 is 0 Å². The highest BCUT2D eigenvalue weighted by Gasteiger charge is 2.12. The lowest BCUT2D eigenvalue weighted by molar-refractivity contribution is 0.628. The Morgan fingerprint density at radius 2 is 1.95 bits per heavy atom. The Hall–Kier alpha value is -2.53. The molecule has 0 fully saturated rings. The predicted octanol–water partition coefficient (Wildman–Crippen LogP) is 3.94. The van der Waals surface area contributed by atoms with Gasteiger partial charge in [0.1, 0.15) is 16.3 Å². The van der Waals surface area contributed by atoms with Crippen LogP contribution in [-0.4, -0.2) is 9.97 Å². The average molecular weight is 296 g/mol. The van der Waals surface area contributed by atoms with Gasteiger partial charge in [0, 0.05) is 15.6 Å². The van der Waals surface area contributed by atoms with Gasteiger partial charge in [-0.2, -0.15) is 0 Å². The average Bonchev–Trinajstić information content (AvgIpc) is 2.87. The van der Waals surface area contributed by atoms with E-state index in [4.69, 9.17) is 0 Å². The number of nitrogens with one attached hydrogen (secondary N) is 1. The predicted molar refractivity (Wildman–Crippen MR) is 83.1 cm³/mol. The Labute approximate surface area is 122 Å². The van der Waals surface area contributed by atoms with Crippen LogP contribution in [0.1, 0.15) is 0 Å². The second-order valence-corrected chi connectivity index (χ2v) is 5.75. The molecule has 1 N–H and O–H groups in total. The van der Waals surface area contributed by atoms with Crippen LogP contribution >= 0.6 is 11.3 Å². The van der Waals surface area contributed by atoms with Crippen molar-refractivity contribution in [3.05, 3.63) is 64.7 Å². The van der Waals surface area contributed by atoms with Gasteiger partial charge in [0.15, 0.2) is 0 Å². The molecule has 0 spiro atoms. The molecule has 0 bridgehead atoms. The summed E-state index contributed by atoms with van der Waals surface area (Å²) in [4.78, 5) is 19.5. The zero-order valence-corrected chi connectivity index (χ0v) is 11.6. The molecule has 3 nitrogen and oxygen atoms in total. The number of hydrogen-bond donors (Lipinski definition) is 1. The lowest BCUT2D eigenvalue weighted by Gasteiger charge is -2.01. The first-order valence-corrected chi connectivity index (χ1v) is 7.21. The molecule has 0 saturated heterocycles. The molecule has 102 valence electrons. The van der Waals surface area contributed by atoms with E-state index in [0.29, 0.717) is 21.6 Å². The van der Waals surface area contributed by atoms with E-state index in [1.807, 2.05) is 24.3 Å². The number of aromatic amines is 1. The maximum atomic E-state index is 13.3. The topological polar surface area (TPSA) is 45.8 Å². The van der Waals surface area contributed by atoms with Crippen LogP contribution in [-0.2, 0) is 0 Å². The maximum absolute atomic E-state index is 13.3. The van der Waals surface area contributed by atoms with E-state index in [0.717, 1.165) is 10.1 Å². The fourth-order valence-electron chi connectivity index (χ4n) is 2.37. The van der Waals surface area contributed by atoms with Crippen LogP contribution in [0.15, 0.2) is 53.3 Å². The van der Waals surface area contributed by atoms with Crippen molar-refractivity contribution in [3.63, 3.8) is 0 Å².